The van der Waals surface area contributed by atoms with E-state index in [1.807, 2.05) is 42.6 Å². The van der Waals surface area contributed by atoms with Gasteiger partial charge in [0.25, 0.3) is 0 Å². The third-order valence-corrected chi connectivity index (χ3v) is 11.5. The predicted octanol–water partition coefficient (Wildman–Crippen LogP) is 6.17. The summed E-state index contributed by atoms with van der Waals surface area (Å²) in [6, 6.07) is 12.7. The van der Waals surface area contributed by atoms with Crippen LogP contribution >= 0.6 is 23.2 Å². The summed E-state index contributed by atoms with van der Waals surface area (Å²) in [6.07, 6.45) is 3.60. The van der Waals surface area contributed by atoms with Crippen molar-refractivity contribution < 1.29 is 28.9 Å². The van der Waals surface area contributed by atoms with Gasteiger partial charge in [-0.15, -0.1) is 5.10 Å². The molecule has 3 fully saturated rings. The van der Waals surface area contributed by atoms with E-state index in [-0.39, 0.29) is 24.4 Å². The number of carboxylic acid groups (broad SMARTS) is 1. The lowest BCUT2D eigenvalue weighted by atomic mass is 9.78. The first kappa shape index (κ1) is 36.9. The van der Waals surface area contributed by atoms with Crippen LogP contribution in [-0.4, -0.2) is 116 Å². The molecule has 1 spiro atoms. The lowest BCUT2D eigenvalue weighted by Gasteiger charge is -2.54. The molecule has 5 aromatic rings. The summed E-state index contributed by atoms with van der Waals surface area (Å²) in [5, 5.41) is 15.7. The molecule has 14 nitrogen and oxygen atoms in total. The van der Waals surface area contributed by atoms with Crippen molar-refractivity contribution in [1.29, 1.82) is 0 Å². The molecule has 0 saturated carbocycles. The highest BCUT2D eigenvalue weighted by atomic mass is 35.5. The van der Waals surface area contributed by atoms with Gasteiger partial charge in [-0.1, -0.05) is 41.4 Å². The number of aromatic nitrogens is 5. The number of hydrogen-bond acceptors (Lipinski definition) is 10. The first-order valence-corrected chi connectivity index (χ1v) is 18.8. The van der Waals surface area contributed by atoms with Gasteiger partial charge in [0.2, 0.25) is 11.8 Å². The zero-order chi connectivity index (χ0) is 38.4. The molecular formula is C39H40Cl2N8O6. The Labute approximate surface area is 327 Å². The van der Waals surface area contributed by atoms with Crippen molar-refractivity contribution in [2.45, 2.75) is 38.9 Å². The Hall–Kier alpha value is -5.02. The fourth-order valence-electron chi connectivity index (χ4n) is 7.87. The average Bonchev–Trinajstić information content (AvgIpc) is 3.57. The number of carbonyl (C=O) groups excluding carboxylic acids is 1. The van der Waals surface area contributed by atoms with Gasteiger partial charge < -0.3 is 29.1 Å². The summed E-state index contributed by atoms with van der Waals surface area (Å²) in [6.45, 7) is 6.87. The van der Waals surface area contributed by atoms with Crippen molar-refractivity contribution in [3.05, 3.63) is 76.3 Å². The second kappa shape index (κ2) is 14.9. The lowest BCUT2D eigenvalue weighted by molar-refractivity contribution is -0.191. The zero-order valence-corrected chi connectivity index (χ0v) is 32.2. The molecule has 0 unspecified atom stereocenters. The number of fused-ring (bicyclic) bond motifs is 1. The summed E-state index contributed by atoms with van der Waals surface area (Å²) < 4.78 is 18.5. The highest BCUT2D eigenvalue weighted by Gasteiger charge is 2.49. The number of ether oxygens (including phenoxy) is 3. The van der Waals surface area contributed by atoms with Crippen LogP contribution < -0.4 is 9.47 Å². The summed E-state index contributed by atoms with van der Waals surface area (Å²) in [7, 11) is 3.10. The topological polar surface area (TPSA) is 148 Å². The molecule has 0 aliphatic carbocycles. The van der Waals surface area contributed by atoms with E-state index in [0.717, 1.165) is 26.3 Å². The minimum absolute atomic E-state index is 0.00785. The highest BCUT2D eigenvalue weighted by molar-refractivity contribution is 6.39. The SMILES string of the molecule is COc1nc(-c2cccc(-c3ccnc(-c4cc(OC)c5nc(CN6CC7(COC7)C6)nn5c4)c3Cl)c2Cl)ccc1CN(C(=O)O)C1CCN(C(C)=O)CC1. The minimum atomic E-state index is -1.04. The molecular weight excluding hydrogens is 747 g/mol. The molecule has 16 heteroatoms. The average molecular weight is 788 g/mol. The van der Waals surface area contributed by atoms with Gasteiger partial charge in [-0.3, -0.25) is 14.7 Å². The zero-order valence-electron chi connectivity index (χ0n) is 30.7. The maximum atomic E-state index is 12.4. The molecule has 55 heavy (non-hydrogen) atoms. The Kier molecular flexibility index (Phi) is 10.0. The van der Waals surface area contributed by atoms with E-state index in [1.165, 1.54) is 18.9 Å². The molecule has 0 atom stereocenters. The fraction of sp³-hybridized carbons (Fsp3) is 0.385. The van der Waals surface area contributed by atoms with E-state index in [4.69, 9.17) is 52.5 Å². The van der Waals surface area contributed by atoms with Crippen LogP contribution in [0.2, 0.25) is 10.0 Å². The van der Waals surface area contributed by atoms with E-state index in [2.05, 4.69) is 9.88 Å². The van der Waals surface area contributed by atoms with Crippen LogP contribution in [0.5, 0.6) is 11.6 Å². The van der Waals surface area contributed by atoms with Crippen LogP contribution in [0, 0.1) is 5.41 Å². The van der Waals surface area contributed by atoms with Gasteiger partial charge in [-0.25, -0.2) is 19.3 Å². The van der Waals surface area contributed by atoms with Crippen molar-refractivity contribution in [1.82, 2.24) is 39.3 Å². The molecule has 4 aromatic heterocycles. The van der Waals surface area contributed by atoms with Gasteiger partial charge in [-0.05, 0) is 37.1 Å². The maximum absolute atomic E-state index is 12.4. The molecule has 0 bridgehead atoms. The molecule has 0 radical (unpaired) electrons. The number of benzene rings is 1. The van der Waals surface area contributed by atoms with E-state index in [0.29, 0.717) is 104 Å². The van der Waals surface area contributed by atoms with Crippen LogP contribution in [0.4, 0.5) is 4.79 Å². The number of hydrogen-bond donors (Lipinski definition) is 1. The molecule has 3 aliphatic heterocycles. The van der Waals surface area contributed by atoms with Crippen LogP contribution in [0.3, 0.4) is 0 Å². The van der Waals surface area contributed by atoms with E-state index in [9.17, 15) is 14.7 Å². The number of carbonyl (C=O) groups is 2. The monoisotopic (exact) mass is 786 g/mol. The predicted molar refractivity (Wildman–Crippen MR) is 205 cm³/mol. The third-order valence-electron chi connectivity index (χ3n) is 10.8. The number of amides is 2. The lowest BCUT2D eigenvalue weighted by Crippen LogP contribution is -2.65. The Morgan fingerprint density at radius 2 is 1.75 bits per heavy atom. The van der Waals surface area contributed by atoms with Crippen LogP contribution in [0.1, 0.15) is 31.2 Å². The van der Waals surface area contributed by atoms with Crippen LogP contribution in [0.25, 0.3) is 39.3 Å². The quantitative estimate of drug-likeness (QED) is 0.173. The number of piperidine rings is 1. The summed E-state index contributed by atoms with van der Waals surface area (Å²) >= 11 is 14.3. The van der Waals surface area contributed by atoms with Crippen molar-refractivity contribution in [3.8, 4) is 45.3 Å². The summed E-state index contributed by atoms with van der Waals surface area (Å²) in [4.78, 5) is 43.8. The fourth-order valence-corrected chi connectivity index (χ4v) is 8.52. The van der Waals surface area contributed by atoms with Crippen molar-refractivity contribution >= 4 is 40.8 Å². The highest BCUT2D eigenvalue weighted by Crippen LogP contribution is 2.43. The number of halogens is 2. The number of rotatable bonds is 10. The molecule has 1 N–H and O–H groups in total. The van der Waals surface area contributed by atoms with Crippen molar-refractivity contribution in [2.75, 3.05) is 53.6 Å². The Morgan fingerprint density at radius 1 is 1.00 bits per heavy atom. The number of pyridine rings is 3. The second-order valence-electron chi connectivity index (χ2n) is 14.4. The maximum Gasteiger partial charge on any atom is 0.407 e. The smallest absolute Gasteiger partial charge is 0.407 e. The number of likely N-dealkylation sites (tertiary alicyclic amines) is 2. The second-order valence-corrected chi connectivity index (χ2v) is 15.2. The molecule has 3 aliphatic rings. The van der Waals surface area contributed by atoms with Gasteiger partial charge >= 0.3 is 6.09 Å². The first-order valence-electron chi connectivity index (χ1n) is 18.0. The van der Waals surface area contributed by atoms with Crippen LogP contribution in [0.15, 0.2) is 54.9 Å². The van der Waals surface area contributed by atoms with Gasteiger partial charge in [0.15, 0.2) is 17.2 Å². The summed E-state index contributed by atoms with van der Waals surface area (Å²) in [5.74, 6) is 1.52. The Bertz CT molecular complexity index is 2280. The van der Waals surface area contributed by atoms with Gasteiger partial charge in [0.05, 0.1) is 62.0 Å². The Balaban J connectivity index is 1.05. The molecule has 3 saturated heterocycles. The van der Waals surface area contributed by atoms with Crippen molar-refractivity contribution in [2.24, 2.45) is 5.41 Å². The molecule has 8 rings (SSSR count). The van der Waals surface area contributed by atoms with E-state index >= 15 is 0 Å². The van der Waals surface area contributed by atoms with Gasteiger partial charge in [0, 0.05) is 84.8 Å². The van der Waals surface area contributed by atoms with E-state index in [1.54, 1.807) is 28.8 Å². The summed E-state index contributed by atoms with van der Waals surface area (Å²) in [5.41, 5.74) is 5.25. The van der Waals surface area contributed by atoms with Gasteiger partial charge in [0.1, 0.15) is 0 Å². The van der Waals surface area contributed by atoms with E-state index < -0.39 is 6.09 Å². The molecule has 7 heterocycles. The number of nitrogens with zero attached hydrogens (tertiary/aromatic N) is 8. The number of methoxy groups -OCH3 is 2. The molecule has 1 aromatic carbocycles. The normalized spacial score (nSPS) is 16.9. The molecule has 2 amide bonds. The standard InChI is InChI=1S/C39H40Cl2N8O6/c1-23(50)47-13-10-26(11-14-47)48(38(51)52)16-24-7-8-30(43-37(24)54-3)29-6-4-5-27(33(29)40)28-9-12-42-35(34(28)41)25-15-31(53-2)36-44-32(45-49(36)17-25)18-46-19-39(20-46)21-55-22-39/h4-9,12,15,17,26H,10-11,13-14,16,18-22H2,1-3H3,(H,51,52). The Morgan fingerprint density at radius 3 is 2.42 bits per heavy atom. The minimum Gasteiger partial charge on any atom is -0.493 e. The van der Waals surface area contributed by atoms with Crippen molar-refractivity contribution in [3.63, 3.8) is 0 Å². The largest absolute Gasteiger partial charge is 0.493 e. The first-order chi connectivity index (χ1) is 26.6. The van der Waals surface area contributed by atoms with Crippen LogP contribution in [-0.2, 0) is 22.6 Å². The molecule has 286 valence electrons. The third kappa shape index (κ3) is 7.03. The van der Waals surface area contributed by atoms with Gasteiger partial charge in [-0.2, -0.15) is 0 Å².